The smallest absolute Gasteiger partial charge is 0.0954 e. The molecule has 70 valence electrons. The van der Waals surface area contributed by atoms with Gasteiger partial charge in [0.2, 0.25) is 0 Å². The van der Waals surface area contributed by atoms with Gasteiger partial charge >= 0.3 is 0 Å². The molecule has 0 spiro atoms. The van der Waals surface area contributed by atoms with E-state index >= 15 is 0 Å². The van der Waals surface area contributed by atoms with Gasteiger partial charge in [-0.25, -0.2) is 0 Å². The van der Waals surface area contributed by atoms with E-state index in [2.05, 4.69) is 0 Å². The van der Waals surface area contributed by atoms with Crippen molar-refractivity contribution in [3.63, 3.8) is 0 Å². The maximum absolute atomic E-state index is 9.04. The van der Waals surface area contributed by atoms with Crippen LogP contribution < -0.4 is 0 Å². The van der Waals surface area contributed by atoms with Crippen LogP contribution in [0.15, 0.2) is 30.3 Å². The van der Waals surface area contributed by atoms with Gasteiger partial charge in [0.25, 0.3) is 0 Å². The Balaban J connectivity index is 2.64. The quantitative estimate of drug-likeness (QED) is 0.733. The molecule has 0 saturated heterocycles. The molecule has 0 aliphatic carbocycles. The van der Waals surface area contributed by atoms with E-state index < -0.39 is 6.10 Å². The van der Waals surface area contributed by atoms with Crippen molar-refractivity contribution in [2.45, 2.75) is 13.0 Å². The summed E-state index contributed by atoms with van der Waals surface area (Å²) >= 11 is 0. The van der Waals surface area contributed by atoms with E-state index in [1.54, 1.807) is 12.2 Å². The Bertz CT molecular complexity index is 275. The summed E-state index contributed by atoms with van der Waals surface area (Å²) < 4.78 is 0. The first-order valence-corrected chi connectivity index (χ1v) is 4.26. The van der Waals surface area contributed by atoms with Crippen LogP contribution in [0, 0.1) is 6.92 Å². The Morgan fingerprint density at radius 3 is 2.46 bits per heavy atom. The highest BCUT2D eigenvalue weighted by Gasteiger charge is 1.93. The maximum Gasteiger partial charge on any atom is 0.0954 e. The van der Waals surface area contributed by atoms with Crippen LogP contribution in [-0.2, 0) is 0 Å². The molecule has 0 aliphatic rings. The van der Waals surface area contributed by atoms with E-state index in [1.165, 1.54) is 5.56 Å². The number of aliphatic hydroxyl groups is 2. The molecule has 0 radical (unpaired) electrons. The molecule has 0 bridgehead atoms. The SMILES string of the molecule is Cc1ccc(/C=C/C(O)CO)cc1. The Hall–Kier alpha value is -1.12. The lowest BCUT2D eigenvalue weighted by Gasteiger charge is -1.98. The minimum absolute atomic E-state index is 0.234. The average Bonchev–Trinajstić information content (AvgIpc) is 2.16. The van der Waals surface area contributed by atoms with Crippen LogP contribution in [0.2, 0.25) is 0 Å². The Kier molecular flexibility index (Phi) is 3.68. The van der Waals surface area contributed by atoms with Crippen molar-refractivity contribution in [3.05, 3.63) is 41.5 Å². The Morgan fingerprint density at radius 1 is 1.31 bits per heavy atom. The number of hydrogen-bond acceptors (Lipinski definition) is 2. The third kappa shape index (κ3) is 3.40. The lowest BCUT2D eigenvalue weighted by atomic mass is 10.1. The summed E-state index contributed by atoms with van der Waals surface area (Å²) in [4.78, 5) is 0. The third-order valence-corrected chi connectivity index (χ3v) is 1.78. The first kappa shape index (κ1) is 9.96. The fourth-order valence-electron chi connectivity index (χ4n) is 0.961. The molecule has 2 N–H and O–H groups in total. The lowest BCUT2D eigenvalue weighted by Crippen LogP contribution is -2.06. The summed E-state index contributed by atoms with van der Waals surface area (Å²) in [6.07, 6.45) is 2.60. The molecule has 0 aromatic heterocycles. The predicted molar refractivity (Wildman–Crippen MR) is 53.3 cm³/mol. The second-order valence-corrected chi connectivity index (χ2v) is 3.02. The van der Waals surface area contributed by atoms with Gasteiger partial charge in [0.15, 0.2) is 0 Å². The summed E-state index contributed by atoms with van der Waals surface area (Å²) in [5, 5.41) is 17.6. The van der Waals surface area contributed by atoms with Gasteiger partial charge in [0, 0.05) is 0 Å². The highest BCUT2D eigenvalue weighted by Crippen LogP contribution is 2.05. The first-order valence-electron chi connectivity index (χ1n) is 4.26. The Morgan fingerprint density at radius 2 is 1.92 bits per heavy atom. The zero-order valence-corrected chi connectivity index (χ0v) is 7.64. The first-order chi connectivity index (χ1) is 6.22. The minimum atomic E-state index is -0.763. The van der Waals surface area contributed by atoms with Crippen LogP contribution in [0.5, 0.6) is 0 Å². The van der Waals surface area contributed by atoms with Crippen molar-refractivity contribution < 1.29 is 10.2 Å². The van der Waals surface area contributed by atoms with Crippen molar-refractivity contribution in [2.24, 2.45) is 0 Å². The molecule has 2 heteroatoms. The molecular weight excluding hydrogens is 164 g/mol. The summed E-state index contributed by atoms with van der Waals surface area (Å²) in [6.45, 7) is 1.79. The molecule has 1 rings (SSSR count). The van der Waals surface area contributed by atoms with Crippen molar-refractivity contribution in [2.75, 3.05) is 6.61 Å². The van der Waals surface area contributed by atoms with Crippen LogP contribution in [0.3, 0.4) is 0 Å². The van der Waals surface area contributed by atoms with E-state index in [4.69, 9.17) is 10.2 Å². The van der Waals surface area contributed by atoms with Crippen LogP contribution in [-0.4, -0.2) is 22.9 Å². The van der Waals surface area contributed by atoms with Gasteiger partial charge in [0.05, 0.1) is 12.7 Å². The number of aliphatic hydroxyl groups excluding tert-OH is 2. The summed E-state index contributed by atoms with van der Waals surface area (Å²) in [5.41, 5.74) is 2.23. The predicted octanol–water partition coefficient (Wildman–Crippen LogP) is 1.36. The maximum atomic E-state index is 9.04. The van der Waals surface area contributed by atoms with Gasteiger partial charge in [-0.1, -0.05) is 42.0 Å². The van der Waals surface area contributed by atoms with Crippen LogP contribution >= 0.6 is 0 Å². The second-order valence-electron chi connectivity index (χ2n) is 3.02. The molecule has 1 aromatic rings. The summed E-state index contributed by atoms with van der Waals surface area (Å²) in [6, 6.07) is 7.95. The molecule has 13 heavy (non-hydrogen) atoms. The molecule has 0 saturated carbocycles. The van der Waals surface area contributed by atoms with Gasteiger partial charge in [-0.3, -0.25) is 0 Å². The van der Waals surface area contributed by atoms with E-state index in [-0.39, 0.29) is 6.61 Å². The molecule has 2 nitrogen and oxygen atoms in total. The average molecular weight is 178 g/mol. The summed E-state index contributed by atoms with van der Waals surface area (Å²) in [7, 11) is 0. The second kappa shape index (κ2) is 4.80. The molecule has 1 unspecified atom stereocenters. The normalized spacial score (nSPS) is 13.5. The van der Waals surface area contributed by atoms with Crippen molar-refractivity contribution >= 4 is 6.08 Å². The zero-order chi connectivity index (χ0) is 9.68. The Labute approximate surface area is 78.2 Å². The van der Waals surface area contributed by atoms with Crippen molar-refractivity contribution in [3.8, 4) is 0 Å². The van der Waals surface area contributed by atoms with Gasteiger partial charge in [-0.05, 0) is 12.5 Å². The minimum Gasteiger partial charge on any atom is -0.393 e. The molecule has 0 heterocycles. The fourth-order valence-corrected chi connectivity index (χ4v) is 0.961. The standard InChI is InChI=1S/C11H14O2/c1-9-2-4-10(5-3-9)6-7-11(13)8-12/h2-7,11-13H,8H2,1H3/b7-6+. The number of hydrogen-bond donors (Lipinski definition) is 2. The number of benzene rings is 1. The van der Waals surface area contributed by atoms with E-state index in [0.717, 1.165) is 5.56 Å². The van der Waals surface area contributed by atoms with Crippen LogP contribution in [0.4, 0.5) is 0 Å². The van der Waals surface area contributed by atoms with Crippen LogP contribution in [0.1, 0.15) is 11.1 Å². The summed E-state index contributed by atoms with van der Waals surface area (Å²) in [5.74, 6) is 0. The van der Waals surface area contributed by atoms with Gasteiger partial charge in [-0.15, -0.1) is 0 Å². The lowest BCUT2D eigenvalue weighted by molar-refractivity contribution is 0.131. The number of aryl methyl sites for hydroxylation is 1. The van der Waals surface area contributed by atoms with E-state index in [0.29, 0.717) is 0 Å². The monoisotopic (exact) mass is 178 g/mol. The molecule has 0 amide bonds. The van der Waals surface area contributed by atoms with Crippen LogP contribution in [0.25, 0.3) is 6.08 Å². The molecule has 1 atom stereocenters. The fraction of sp³-hybridized carbons (Fsp3) is 0.273. The highest BCUT2D eigenvalue weighted by molar-refractivity contribution is 5.50. The zero-order valence-electron chi connectivity index (χ0n) is 7.64. The molecule has 0 fully saturated rings. The third-order valence-electron chi connectivity index (χ3n) is 1.78. The topological polar surface area (TPSA) is 40.5 Å². The largest absolute Gasteiger partial charge is 0.393 e. The van der Waals surface area contributed by atoms with E-state index in [1.807, 2.05) is 31.2 Å². The van der Waals surface area contributed by atoms with Crippen molar-refractivity contribution in [1.29, 1.82) is 0 Å². The molecule has 0 aliphatic heterocycles. The van der Waals surface area contributed by atoms with Gasteiger partial charge in [-0.2, -0.15) is 0 Å². The van der Waals surface area contributed by atoms with Gasteiger partial charge < -0.3 is 10.2 Å². The molecule has 1 aromatic carbocycles. The highest BCUT2D eigenvalue weighted by atomic mass is 16.3. The van der Waals surface area contributed by atoms with Gasteiger partial charge in [0.1, 0.15) is 0 Å². The molecular formula is C11H14O2. The number of rotatable bonds is 3. The van der Waals surface area contributed by atoms with E-state index in [9.17, 15) is 0 Å². The van der Waals surface area contributed by atoms with Crippen molar-refractivity contribution in [1.82, 2.24) is 0 Å².